The monoisotopic (exact) mass is 276 g/mol. The van der Waals surface area contributed by atoms with Gasteiger partial charge in [-0.2, -0.15) is 0 Å². The fourth-order valence-electron chi connectivity index (χ4n) is 2.04. The molecule has 0 unspecified atom stereocenters. The quantitative estimate of drug-likeness (QED) is 0.659. The number of nitrogens with zero attached hydrogens (tertiary/aromatic N) is 1. The van der Waals surface area contributed by atoms with Gasteiger partial charge >= 0.3 is 5.97 Å². The number of oxime groups is 1. The molecule has 5 heteroatoms. The van der Waals surface area contributed by atoms with Crippen LogP contribution in [-0.2, 0) is 21.0 Å². The SMILES string of the molecule is CCOC(=O)[C@@H]1CCC(=NOCc2ccccc2)CN1. The summed E-state index contributed by atoms with van der Waals surface area (Å²) in [6.07, 6.45) is 1.46. The van der Waals surface area contributed by atoms with E-state index in [4.69, 9.17) is 9.57 Å². The molecule has 1 aliphatic rings. The van der Waals surface area contributed by atoms with Crippen LogP contribution >= 0.6 is 0 Å². The Hall–Kier alpha value is -1.88. The lowest BCUT2D eigenvalue weighted by Crippen LogP contribution is -2.45. The second-order valence-electron chi connectivity index (χ2n) is 4.64. The molecule has 2 rings (SSSR count). The Bertz CT molecular complexity index is 449. The number of benzene rings is 1. The second kappa shape index (κ2) is 7.65. The Balaban J connectivity index is 1.73. The van der Waals surface area contributed by atoms with Crippen LogP contribution in [0.4, 0.5) is 0 Å². The Morgan fingerprint density at radius 1 is 1.40 bits per heavy atom. The first kappa shape index (κ1) is 14.5. The molecule has 0 amide bonds. The Labute approximate surface area is 118 Å². The highest BCUT2D eigenvalue weighted by atomic mass is 16.6. The molecule has 0 spiro atoms. The van der Waals surface area contributed by atoms with Crippen molar-refractivity contribution < 1.29 is 14.4 Å². The lowest BCUT2D eigenvalue weighted by atomic mass is 10.0. The number of piperidine rings is 1. The molecule has 1 saturated heterocycles. The summed E-state index contributed by atoms with van der Waals surface area (Å²) in [5.41, 5.74) is 2.02. The smallest absolute Gasteiger partial charge is 0.323 e. The maximum Gasteiger partial charge on any atom is 0.323 e. The summed E-state index contributed by atoms with van der Waals surface area (Å²) in [5, 5.41) is 7.24. The zero-order chi connectivity index (χ0) is 14.2. The van der Waals surface area contributed by atoms with Gasteiger partial charge in [-0.25, -0.2) is 0 Å². The summed E-state index contributed by atoms with van der Waals surface area (Å²) >= 11 is 0. The lowest BCUT2D eigenvalue weighted by molar-refractivity contribution is -0.145. The molecule has 0 saturated carbocycles. The van der Waals surface area contributed by atoms with Gasteiger partial charge in [0, 0.05) is 6.54 Å². The second-order valence-corrected chi connectivity index (χ2v) is 4.64. The molecule has 5 nitrogen and oxygen atoms in total. The van der Waals surface area contributed by atoms with E-state index < -0.39 is 0 Å². The number of hydrogen-bond donors (Lipinski definition) is 1. The van der Waals surface area contributed by atoms with Crippen LogP contribution in [0.3, 0.4) is 0 Å². The van der Waals surface area contributed by atoms with Crippen molar-refractivity contribution in [1.82, 2.24) is 5.32 Å². The first-order chi connectivity index (χ1) is 9.79. The van der Waals surface area contributed by atoms with Gasteiger partial charge in [-0.15, -0.1) is 0 Å². The number of ether oxygens (including phenoxy) is 1. The molecule has 1 fully saturated rings. The van der Waals surface area contributed by atoms with Gasteiger partial charge in [-0.3, -0.25) is 10.1 Å². The molecule has 0 bridgehead atoms. The van der Waals surface area contributed by atoms with E-state index in [2.05, 4.69) is 10.5 Å². The van der Waals surface area contributed by atoms with Gasteiger partial charge < -0.3 is 9.57 Å². The van der Waals surface area contributed by atoms with E-state index in [0.717, 1.165) is 17.7 Å². The highest BCUT2D eigenvalue weighted by molar-refractivity contribution is 5.89. The van der Waals surface area contributed by atoms with Gasteiger partial charge in [-0.05, 0) is 25.3 Å². The van der Waals surface area contributed by atoms with E-state index in [1.807, 2.05) is 37.3 Å². The summed E-state index contributed by atoms with van der Waals surface area (Å²) in [6, 6.07) is 9.68. The van der Waals surface area contributed by atoms with Crippen molar-refractivity contribution in [3.8, 4) is 0 Å². The molecule has 1 heterocycles. The standard InChI is InChI=1S/C15H20N2O3/c1-2-19-15(18)14-9-8-13(10-16-14)17-20-11-12-6-4-3-5-7-12/h3-7,14,16H,2,8-11H2,1H3/t14-/m0/s1. The zero-order valence-electron chi connectivity index (χ0n) is 11.7. The number of esters is 1. The van der Waals surface area contributed by atoms with E-state index in [-0.39, 0.29) is 12.0 Å². The molecule has 1 aliphatic heterocycles. The fraction of sp³-hybridized carbons (Fsp3) is 0.467. The predicted octanol–water partition coefficient (Wildman–Crippen LogP) is 1.87. The topological polar surface area (TPSA) is 59.9 Å². The maximum absolute atomic E-state index is 11.5. The molecular weight excluding hydrogens is 256 g/mol. The highest BCUT2D eigenvalue weighted by Crippen LogP contribution is 2.08. The molecule has 1 aromatic carbocycles. The van der Waals surface area contributed by atoms with E-state index >= 15 is 0 Å². The van der Waals surface area contributed by atoms with Gasteiger partial charge in [0.05, 0.1) is 12.3 Å². The summed E-state index contributed by atoms with van der Waals surface area (Å²) < 4.78 is 4.98. The van der Waals surface area contributed by atoms with Gasteiger partial charge in [0.1, 0.15) is 12.6 Å². The van der Waals surface area contributed by atoms with E-state index in [1.54, 1.807) is 0 Å². The van der Waals surface area contributed by atoms with Crippen LogP contribution in [-0.4, -0.2) is 30.9 Å². The zero-order valence-corrected chi connectivity index (χ0v) is 11.7. The van der Waals surface area contributed by atoms with E-state index in [1.165, 1.54) is 0 Å². The molecule has 0 aliphatic carbocycles. The third kappa shape index (κ3) is 4.35. The van der Waals surface area contributed by atoms with Crippen LogP contribution in [0, 0.1) is 0 Å². The van der Waals surface area contributed by atoms with Crippen molar-refractivity contribution in [2.75, 3.05) is 13.2 Å². The summed E-state index contributed by atoms with van der Waals surface area (Å²) in [6.45, 7) is 3.26. The summed E-state index contributed by atoms with van der Waals surface area (Å²) in [7, 11) is 0. The maximum atomic E-state index is 11.5. The van der Waals surface area contributed by atoms with Crippen molar-refractivity contribution in [2.24, 2.45) is 5.16 Å². The average Bonchev–Trinajstić information content (AvgIpc) is 2.49. The van der Waals surface area contributed by atoms with E-state index in [0.29, 0.717) is 26.2 Å². The van der Waals surface area contributed by atoms with Crippen LogP contribution in [0.1, 0.15) is 25.3 Å². The lowest BCUT2D eigenvalue weighted by Gasteiger charge is -2.22. The molecule has 0 radical (unpaired) electrons. The summed E-state index contributed by atoms with van der Waals surface area (Å²) in [4.78, 5) is 16.9. The number of carbonyl (C=O) groups is 1. The van der Waals surface area contributed by atoms with E-state index in [9.17, 15) is 4.79 Å². The normalized spacial score (nSPS) is 20.6. The largest absolute Gasteiger partial charge is 0.465 e. The molecule has 1 N–H and O–H groups in total. The minimum atomic E-state index is -0.219. The minimum Gasteiger partial charge on any atom is -0.465 e. The Kier molecular flexibility index (Phi) is 5.55. The third-order valence-corrected chi connectivity index (χ3v) is 3.11. The highest BCUT2D eigenvalue weighted by Gasteiger charge is 2.24. The molecule has 0 aromatic heterocycles. The van der Waals surface area contributed by atoms with Crippen LogP contribution in [0.2, 0.25) is 0 Å². The molecule has 108 valence electrons. The van der Waals surface area contributed by atoms with Crippen molar-refractivity contribution in [3.05, 3.63) is 35.9 Å². The molecule has 1 atom stereocenters. The van der Waals surface area contributed by atoms with Crippen LogP contribution < -0.4 is 5.32 Å². The van der Waals surface area contributed by atoms with Crippen molar-refractivity contribution in [2.45, 2.75) is 32.4 Å². The van der Waals surface area contributed by atoms with Crippen LogP contribution in [0.25, 0.3) is 0 Å². The number of nitrogens with one attached hydrogen (secondary N) is 1. The van der Waals surface area contributed by atoms with Crippen molar-refractivity contribution in [1.29, 1.82) is 0 Å². The van der Waals surface area contributed by atoms with Crippen molar-refractivity contribution in [3.63, 3.8) is 0 Å². The first-order valence-electron chi connectivity index (χ1n) is 6.91. The first-order valence-corrected chi connectivity index (χ1v) is 6.91. The molecule has 1 aromatic rings. The predicted molar refractivity (Wildman–Crippen MR) is 76.3 cm³/mol. The Morgan fingerprint density at radius 3 is 2.85 bits per heavy atom. The van der Waals surface area contributed by atoms with Crippen LogP contribution in [0.5, 0.6) is 0 Å². The minimum absolute atomic E-state index is 0.184. The number of rotatable bonds is 5. The fourth-order valence-corrected chi connectivity index (χ4v) is 2.04. The molecular formula is C15H20N2O3. The van der Waals surface area contributed by atoms with Gasteiger partial charge in [0.15, 0.2) is 0 Å². The van der Waals surface area contributed by atoms with Gasteiger partial charge in [0.2, 0.25) is 0 Å². The van der Waals surface area contributed by atoms with Gasteiger partial charge in [-0.1, -0.05) is 35.5 Å². The summed E-state index contributed by atoms with van der Waals surface area (Å²) in [5.74, 6) is -0.184. The molecule has 20 heavy (non-hydrogen) atoms. The number of carbonyl (C=O) groups excluding carboxylic acids is 1. The third-order valence-electron chi connectivity index (χ3n) is 3.11. The Morgan fingerprint density at radius 2 is 2.20 bits per heavy atom. The number of hydrogen-bond acceptors (Lipinski definition) is 5. The van der Waals surface area contributed by atoms with Crippen LogP contribution in [0.15, 0.2) is 35.5 Å². The van der Waals surface area contributed by atoms with Gasteiger partial charge in [0.25, 0.3) is 0 Å². The van der Waals surface area contributed by atoms with Crippen molar-refractivity contribution >= 4 is 11.7 Å². The average molecular weight is 276 g/mol.